The molecule has 1 fully saturated rings. The third-order valence-corrected chi connectivity index (χ3v) is 4.84. The molecule has 0 spiro atoms. The van der Waals surface area contributed by atoms with Crippen molar-refractivity contribution < 1.29 is 17.9 Å². The Labute approximate surface area is 119 Å². The highest BCUT2D eigenvalue weighted by molar-refractivity contribution is 7.89. The Morgan fingerprint density at radius 3 is 2.95 bits per heavy atom. The van der Waals surface area contributed by atoms with Crippen LogP contribution in [0.2, 0.25) is 0 Å². The summed E-state index contributed by atoms with van der Waals surface area (Å²) in [6, 6.07) is 4.42. The molecule has 1 saturated heterocycles. The SMILES string of the molecule is COc1cc(S(=O)(=O)NCCC2CCOC2)ccc1N. The minimum Gasteiger partial charge on any atom is -0.495 e. The minimum absolute atomic E-state index is 0.159. The number of nitrogens with two attached hydrogens (primary N) is 1. The van der Waals surface area contributed by atoms with E-state index in [2.05, 4.69) is 4.72 Å². The van der Waals surface area contributed by atoms with Crippen LogP contribution in [0.25, 0.3) is 0 Å². The molecular weight excluding hydrogens is 280 g/mol. The first kappa shape index (κ1) is 15.1. The largest absolute Gasteiger partial charge is 0.495 e. The number of hydrogen-bond acceptors (Lipinski definition) is 5. The molecule has 1 aliphatic heterocycles. The fourth-order valence-corrected chi connectivity index (χ4v) is 3.21. The Morgan fingerprint density at radius 2 is 2.30 bits per heavy atom. The molecule has 6 nitrogen and oxygen atoms in total. The van der Waals surface area contributed by atoms with Gasteiger partial charge >= 0.3 is 0 Å². The highest BCUT2D eigenvalue weighted by Gasteiger charge is 2.19. The van der Waals surface area contributed by atoms with Crippen molar-refractivity contribution >= 4 is 15.7 Å². The molecule has 7 heteroatoms. The van der Waals surface area contributed by atoms with Crippen LogP contribution in [0.3, 0.4) is 0 Å². The van der Waals surface area contributed by atoms with Crippen molar-refractivity contribution in [3.05, 3.63) is 18.2 Å². The summed E-state index contributed by atoms with van der Waals surface area (Å²) in [4.78, 5) is 0.159. The molecule has 0 aromatic heterocycles. The lowest BCUT2D eigenvalue weighted by atomic mass is 10.1. The van der Waals surface area contributed by atoms with Gasteiger partial charge in [0.2, 0.25) is 10.0 Å². The second kappa shape index (κ2) is 6.43. The van der Waals surface area contributed by atoms with Gasteiger partial charge in [-0.25, -0.2) is 13.1 Å². The molecule has 0 amide bonds. The number of nitrogen functional groups attached to an aromatic ring is 1. The van der Waals surface area contributed by atoms with Crippen molar-refractivity contribution in [2.75, 3.05) is 32.6 Å². The molecule has 3 N–H and O–H groups in total. The lowest BCUT2D eigenvalue weighted by Gasteiger charge is -2.11. The number of rotatable bonds is 6. The summed E-state index contributed by atoms with van der Waals surface area (Å²) in [6.45, 7) is 1.90. The number of benzene rings is 1. The molecule has 1 heterocycles. The van der Waals surface area contributed by atoms with Gasteiger partial charge in [-0.1, -0.05) is 0 Å². The van der Waals surface area contributed by atoms with E-state index in [4.69, 9.17) is 15.2 Å². The summed E-state index contributed by atoms with van der Waals surface area (Å²) in [6.07, 6.45) is 1.78. The molecule has 20 heavy (non-hydrogen) atoms. The molecule has 1 unspecified atom stereocenters. The van der Waals surface area contributed by atoms with E-state index in [1.807, 2.05) is 0 Å². The Balaban J connectivity index is 1.98. The maximum atomic E-state index is 12.1. The highest BCUT2D eigenvalue weighted by Crippen LogP contribution is 2.24. The molecule has 1 aromatic rings. The summed E-state index contributed by atoms with van der Waals surface area (Å²) in [5.74, 6) is 0.802. The first-order valence-electron chi connectivity index (χ1n) is 6.54. The minimum atomic E-state index is -3.53. The summed E-state index contributed by atoms with van der Waals surface area (Å²) in [5.41, 5.74) is 6.08. The summed E-state index contributed by atoms with van der Waals surface area (Å²) < 4.78 is 37.2. The molecule has 1 aliphatic rings. The van der Waals surface area contributed by atoms with Crippen LogP contribution in [0.5, 0.6) is 5.75 Å². The molecule has 0 saturated carbocycles. The first-order chi connectivity index (χ1) is 9.53. The molecule has 0 aliphatic carbocycles. The Bertz CT molecular complexity index is 553. The zero-order chi connectivity index (χ0) is 14.6. The Morgan fingerprint density at radius 1 is 1.50 bits per heavy atom. The summed E-state index contributed by atoms with van der Waals surface area (Å²) in [7, 11) is -2.07. The van der Waals surface area contributed by atoms with E-state index in [1.54, 1.807) is 0 Å². The molecule has 1 aromatic carbocycles. The smallest absolute Gasteiger partial charge is 0.240 e. The Kier molecular flexibility index (Phi) is 4.85. The van der Waals surface area contributed by atoms with Crippen molar-refractivity contribution in [3.8, 4) is 5.75 Å². The standard InChI is InChI=1S/C13H20N2O4S/c1-18-13-8-11(2-3-12(13)14)20(16,17)15-6-4-10-5-7-19-9-10/h2-3,8,10,15H,4-7,9,14H2,1H3. The van der Waals surface area contributed by atoms with Gasteiger partial charge in [-0.3, -0.25) is 0 Å². The van der Waals surface area contributed by atoms with Crippen molar-refractivity contribution in [2.24, 2.45) is 5.92 Å². The number of hydrogen-bond donors (Lipinski definition) is 2. The van der Waals surface area contributed by atoms with Crippen molar-refractivity contribution in [1.82, 2.24) is 4.72 Å². The number of nitrogens with one attached hydrogen (secondary N) is 1. The van der Waals surface area contributed by atoms with Gasteiger partial charge < -0.3 is 15.2 Å². The molecule has 0 radical (unpaired) electrons. The average Bonchev–Trinajstić information content (AvgIpc) is 2.92. The highest BCUT2D eigenvalue weighted by atomic mass is 32.2. The van der Waals surface area contributed by atoms with Gasteiger partial charge in [-0.2, -0.15) is 0 Å². The van der Waals surface area contributed by atoms with E-state index in [0.29, 0.717) is 23.9 Å². The second-order valence-corrected chi connectivity index (χ2v) is 6.59. The van der Waals surface area contributed by atoms with Gasteiger partial charge in [0.1, 0.15) is 5.75 Å². The lowest BCUT2D eigenvalue weighted by molar-refractivity contribution is 0.184. The van der Waals surface area contributed by atoms with Crippen LogP contribution in [-0.4, -0.2) is 35.3 Å². The molecule has 1 atom stereocenters. The van der Waals surface area contributed by atoms with E-state index in [-0.39, 0.29) is 4.90 Å². The van der Waals surface area contributed by atoms with Gasteiger partial charge in [-0.15, -0.1) is 0 Å². The predicted octanol–water partition coefficient (Wildman–Crippen LogP) is 0.982. The normalized spacial score (nSPS) is 19.1. The van der Waals surface area contributed by atoms with Crippen molar-refractivity contribution in [3.63, 3.8) is 0 Å². The number of ether oxygens (including phenoxy) is 2. The monoisotopic (exact) mass is 300 g/mol. The van der Waals surface area contributed by atoms with Crippen molar-refractivity contribution in [2.45, 2.75) is 17.7 Å². The number of anilines is 1. The fourth-order valence-electron chi connectivity index (χ4n) is 2.15. The van der Waals surface area contributed by atoms with Gasteiger partial charge in [0.25, 0.3) is 0 Å². The Hall–Kier alpha value is -1.31. The predicted molar refractivity (Wildman–Crippen MR) is 76.1 cm³/mol. The van der Waals surface area contributed by atoms with Crippen LogP contribution in [0.1, 0.15) is 12.8 Å². The van der Waals surface area contributed by atoms with E-state index < -0.39 is 10.0 Å². The number of methoxy groups -OCH3 is 1. The van der Waals surface area contributed by atoms with Crippen LogP contribution in [0.15, 0.2) is 23.1 Å². The maximum absolute atomic E-state index is 12.1. The van der Waals surface area contributed by atoms with Crippen LogP contribution in [0, 0.1) is 5.92 Å². The quantitative estimate of drug-likeness (QED) is 0.764. The zero-order valence-electron chi connectivity index (χ0n) is 11.5. The third-order valence-electron chi connectivity index (χ3n) is 3.38. The van der Waals surface area contributed by atoms with Gasteiger partial charge in [0.15, 0.2) is 0 Å². The lowest BCUT2D eigenvalue weighted by Crippen LogP contribution is -2.26. The molecular formula is C13H20N2O4S. The van der Waals surface area contributed by atoms with Crippen LogP contribution in [0.4, 0.5) is 5.69 Å². The van der Waals surface area contributed by atoms with E-state index >= 15 is 0 Å². The van der Waals surface area contributed by atoms with Crippen LogP contribution in [-0.2, 0) is 14.8 Å². The second-order valence-electron chi connectivity index (χ2n) is 4.82. The van der Waals surface area contributed by atoms with Gasteiger partial charge in [-0.05, 0) is 30.9 Å². The first-order valence-corrected chi connectivity index (χ1v) is 8.02. The van der Waals surface area contributed by atoms with Crippen LogP contribution >= 0.6 is 0 Å². The molecule has 2 rings (SSSR count). The van der Waals surface area contributed by atoms with Crippen molar-refractivity contribution in [1.29, 1.82) is 0 Å². The van der Waals surface area contributed by atoms with E-state index in [1.165, 1.54) is 25.3 Å². The van der Waals surface area contributed by atoms with Gasteiger partial charge in [0.05, 0.1) is 17.7 Å². The summed E-state index contributed by atoms with van der Waals surface area (Å²) in [5, 5.41) is 0. The average molecular weight is 300 g/mol. The molecule has 0 bridgehead atoms. The van der Waals surface area contributed by atoms with E-state index in [9.17, 15) is 8.42 Å². The number of sulfonamides is 1. The zero-order valence-corrected chi connectivity index (χ0v) is 12.3. The summed E-state index contributed by atoms with van der Waals surface area (Å²) >= 11 is 0. The fraction of sp³-hybridized carbons (Fsp3) is 0.538. The molecule has 112 valence electrons. The maximum Gasteiger partial charge on any atom is 0.240 e. The van der Waals surface area contributed by atoms with Gasteiger partial charge in [0, 0.05) is 25.8 Å². The van der Waals surface area contributed by atoms with Crippen LogP contribution < -0.4 is 15.2 Å². The topological polar surface area (TPSA) is 90.7 Å². The van der Waals surface area contributed by atoms with E-state index in [0.717, 1.165) is 26.1 Å². The third kappa shape index (κ3) is 3.62.